The summed E-state index contributed by atoms with van der Waals surface area (Å²) in [6.07, 6.45) is -4.70. The summed E-state index contributed by atoms with van der Waals surface area (Å²) >= 11 is 0. The Hall–Kier alpha value is -4.02. The molecule has 2 aliphatic rings. The first kappa shape index (κ1) is 27.5. The Balaban J connectivity index is 1.49. The van der Waals surface area contributed by atoms with Crippen LogP contribution in [0.25, 0.3) is 0 Å². The molecule has 0 bridgehead atoms. The van der Waals surface area contributed by atoms with Gasteiger partial charge in [-0.1, -0.05) is 48.0 Å². The van der Waals surface area contributed by atoms with Crippen LogP contribution in [0.5, 0.6) is 0 Å². The molecule has 9 nitrogen and oxygen atoms in total. The monoisotopic (exact) mass is 544 g/mol. The molecule has 0 saturated carbocycles. The van der Waals surface area contributed by atoms with Crippen molar-refractivity contribution >= 4 is 34.5 Å². The third kappa shape index (κ3) is 5.24. The fourth-order valence-electron chi connectivity index (χ4n) is 4.84. The molecule has 5 rings (SSSR count). The highest BCUT2D eigenvalue weighted by atomic mass is 16.7. The maximum absolute atomic E-state index is 13.3. The van der Waals surface area contributed by atoms with Crippen LogP contribution in [0.15, 0.2) is 78.4 Å². The van der Waals surface area contributed by atoms with Gasteiger partial charge in [-0.3, -0.25) is 4.79 Å². The first-order chi connectivity index (χ1) is 19.2. The van der Waals surface area contributed by atoms with Crippen molar-refractivity contribution in [2.45, 2.75) is 51.5 Å². The van der Waals surface area contributed by atoms with Crippen molar-refractivity contribution in [3.05, 3.63) is 95.1 Å². The van der Waals surface area contributed by atoms with Gasteiger partial charge < -0.3 is 35.0 Å². The Morgan fingerprint density at radius 2 is 1.68 bits per heavy atom. The number of anilines is 4. The Labute approximate surface area is 232 Å². The summed E-state index contributed by atoms with van der Waals surface area (Å²) in [6.45, 7) is 5.99. The number of carbonyl (C=O) groups excluding carboxylic acids is 2. The second kappa shape index (κ2) is 11.2. The number of hydrogen-bond donors (Lipinski definition) is 4. The highest BCUT2D eigenvalue weighted by Crippen LogP contribution is 2.46. The van der Waals surface area contributed by atoms with Crippen molar-refractivity contribution < 1.29 is 34.4 Å². The van der Waals surface area contributed by atoms with Crippen molar-refractivity contribution in [2.75, 3.05) is 16.8 Å². The van der Waals surface area contributed by atoms with Gasteiger partial charge in [-0.25, -0.2) is 4.79 Å². The molecule has 0 aromatic heterocycles. The van der Waals surface area contributed by atoms with E-state index in [9.17, 15) is 24.9 Å². The predicted molar refractivity (Wildman–Crippen MR) is 150 cm³/mol. The highest BCUT2D eigenvalue weighted by molar-refractivity contribution is 6.11. The van der Waals surface area contributed by atoms with Gasteiger partial charge in [0.2, 0.25) is 6.29 Å². The lowest BCUT2D eigenvalue weighted by atomic mass is 9.99. The number of carbonyl (C=O) groups is 2. The molecule has 3 aromatic rings. The molecule has 1 saturated heterocycles. The molecule has 0 aliphatic carbocycles. The summed E-state index contributed by atoms with van der Waals surface area (Å²) in [5, 5.41) is 33.7. The van der Waals surface area contributed by atoms with Crippen LogP contribution < -0.4 is 10.2 Å². The molecule has 0 spiro atoms. The summed E-state index contributed by atoms with van der Waals surface area (Å²) in [7, 11) is 0. The van der Waals surface area contributed by atoms with E-state index in [2.05, 4.69) is 11.4 Å². The number of aliphatic hydroxyl groups is 3. The van der Waals surface area contributed by atoms with Crippen molar-refractivity contribution in [3.8, 4) is 0 Å². The van der Waals surface area contributed by atoms with Gasteiger partial charge in [0.15, 0.2) is 5.78 Å². The molecule has 2 heterocycles. The predicted octanol–water partition coefficient (Wildman–Crippen LogP) is 4.06. The second-order valence-electron chi connectivity index (χ2n) is 10.2. The van der Waals surface area contributed by atoms with E-state index in [-0.39, 0.29) is 11.3 Å². The minimum Gasteiger partial charge on any atom is -0.429 e. The van der Waals surface area contributed by atoms with Gasteiger partial charge in [-0.15, -0.1) is 0 Å². The molecule has 40 heavy (non-hydrogen) atoms. The third-order valence-electron chi connectivity index (χ3n) is 7.11. The first-order valence-corrected chi connectivity index (χ1v) is 13.1. The zero-order valence-corrected chi connectivity index (χ0v) is 22.4. The molecule has 3 aromatic carbocycles. The van der Waals surface area contributed by atoms with Crippen LogP contribution in [0.2, 0.25) is 0 Å². The van der Waals surface area contributed by atoms with Crippen molar-refractivity contribution in [2.24, 2.45) is 0 Å². The quantitative estimate of drug-likeness (QED) is 0.206. The zero-order chi connectivity index (χ0) is 28.6. The van der Waals surface area contributed by atoms with Gasteiger partial charge in [0.25, 0.3) is 0 Å². The van der Waals surface area contributed by atoms with Gasteiger partial charge in [0, 0.05) is 17.7 Å². The van der Waals surface area contributed by atoms with Gasteiger partial charge in [-0.05, 0) is 51.1 Å². The summed E-state index contributed by atoms with van der Waals surface area (Å²) in [6, 6.07) is 19.6. The van der Waals surface area contributed by atoms with E-state index in [4.69, 9.17) is 9.47 Å². The first-order valence-electron chi connectivity index (χ1n) is 13.1. The van der Waals surface area contributed by atoms with Gasteiger partial charge in [0.05, 0.1) is 34.4 Å². The van der Waals surface area contributed by atoms with E-state index < -0.39 is 36.7 Å². The molecule has 5 atom stereocenters. The molecule has 0 radical (unpaired) electrons. The van der Waals surface area contributed by atoms with Crippen LogP contribution in [0.3, 0.4) is 0 Å². The molecule has 4 N–H and O–H groups in total. The lowest BCUT2D eigenvalue weighted by Gasteiger charge is -2.38. The number of benzene rings is 3. The second-order valence-corrected chi connectivity index (χ2v) is 10.2. The largest absolute Gasteiger partial charge is 0.429 e. The minimum absolute atomic E-state index is 0.0961. The Kier molecular flexibility index (Phi) is 7.73. The number of allylic oxidation sites excluding steroid dienone is 1. The SMILES string of the molecule is CC(C)=CCN1c2cc(C(=O)c3ccccc3)ccc2Nc2c(C(=O)OC3OC(C)C(O)C(O)C3O)cccc21. The van der Waals surface area contributed by atoms with Gasteiger partial charge >= 0.3 is 5.97 Å². The number of rotatable bonds is 6. The van der Waals surface area contributed by atoms with E-state index in [0.717, 1.165) is 11.3 Å². The summed E-state index contributed by atoms with van der Waals surface area (Å²) < 4.78 is 10.9. The van der Waals surface area contributed by atoms with Crippen LogP contribution in [0.1, 0.15) is 47.1 Å². The number of esters is 1. The van der Waals surface area contributed by atoms with Crippen molar-refractivity contribution in [1.29, 1.82) is 0 Å². The number of ketones is 1. The minimum atomic E-state index is -1.61. The number of fused-ring (bicyclic) bond motifs is 2. The number of ether oxygens (including phenoxy) is 2. The number of nitrogens with one attached hydrogen (secondary N) is 1. The van der Waals surface area contributed by atoms with E-state index in [1.165, 1.54) is 6.92 Å². The standard InChI is InChI=1S/C31H32N2O7/c1-17(2)14-15-33-23-11-7-10-21(30(38)40-31-29(37)28(36)26(34)18(3)39-31)25(23)32-22-13-12-20(16-24(22)33)27(35)19-8-5-4-6-9-19/h4-14,16,18,26,28-29,31-32,34,36-37H,15H2,1-3H3. The van der Waals surface area contributed by atoms with E-state index in [1.807, 2.05) is 49.1 Å². The lowest BCUT2D eigenvalue weighted by Crippen LogP contribution is -2.57. The molecule has 9 heteroatoms. The van der Waals surface area contributed by atoms with Gasteiger partial charge in [-0.2, -0.15) is 0 Å². The topological polar surface area (TPSA) is 129 Å². The third-order valence-corrected chi connectivity index (χ3v) is 7.11. The van der Waals surface area contributed by atoms with E-state index in [1.54, 1.807) is 36.4 Å². The molecule has 2 aliphatic heterocycles. The maximum Gasteiger partial charge on any atom is 0.342 e. The summed E-state index contributed by atoms with van der Waals surface area (Å²) in [5.41, 5.74) is 5.07. The Bertz CT molecular complexity index is 1450. The normalized spacial score (nSPS) is 23.4. The Morgan fingerprint density at radius 1 is 0.925 bits per heavy atom. The average Bonchev–Trinajstić information content (AvgIpc) is 2.96. The molecule has 1 fully saturated rings. The number of hydrogen-bond acceptors (Lipinski definition) is 9. The molecular weight excluding hydrogens is 512 g/mol. The van der Waals surface area contributed by atoms with E-state index >= 15 is 0 Å². The van der Waals surface area contributed by atoms with Crippen LogP contribution in [0, 0.1) is 0 Å². The fourth-order valence-corrected chi connectivity index (χ4v) is 4.84. The summed E-state index contributed by atoms with van der Waals surface area (Å²) in [4.78, 5) is 28.6. The smallest absolute Gasteiger partial charge is 0.342 e. The summed E-state index contributed by atoms with van der Waals surface area (Å²) in [5.74, 6) is -0.869. The molecule has 208 valence electrons. The van der Waals surface area contributed by atoms with E-state index in [0.29, 0.717) is 34.7 Å². The molecule has 5 unspecified atom stereocenters. The van der Waals surface area contributed by atoms with Crippen LogP contribution in [-0.2, 0) is 9.47 Å². The number of para-hydroxylation sites is 1. The van der Waals surface area contributed by atoms with Crippen molar-refractivity contribution in [1.82, 2.24) is 0 Å². The molecular formula is C31H32N2O7. The van der Waals surface area contributed by atoms with Crippen LogP contribution in [-0.4, -0.2) is 64.3 Å². The highest BCUT2D eigenvalue weighted by Gasteiger charge is 2.44. The van der Waals surface area contributed by atoms with Gasteiger partial charge in [0.1, 0.15) is 18.3 Å². The number of aliphatic hydroxyl groups excluding tert-OH is 3. The fraction of sp³-hybridized carbons (Fsp3) is 0.290. The average molecular weight is 545 g/mol. The Morgan fingerprint density at radius 3 is 2.40 bits per heavy atom. The van der Waals surface area contributed by atoms with Crippen molar-refractivity contribution in [3.63, 3.8) is 0 Å². The molecule has 0 amide bonds. The van der Waals surface area contributed by atoms with Crippen LogP contribution in [0.4, 0.5) is 22.7 Å². The lowest BCUT2D eigenvalue weighted by molar-refractivity contribution is -0.276. The zero-order valence-electron chi connectivity index (χ0n) is 22.4. The maximum atomic E-state index is 13.3. The number of nitrogens with zero attached hydrogens (tertiary/aromatic N) is 1. The van der Waals surface area contributed by atoms with Crippen LogP contribution >= 0.6 is 0 Å².